The number of rotatable bonds is 4. The molecule has 110 valence electrons. The van der Waals surface area contributed by atoms with Gasteiger partial charge in [-0.1, -0.05) is 18.6 Å². The molecule has 0 aromatic heterocycles. The lowest BCUT2D eigenvalue weighted by Crippen LogP contribution is -2.43. The summed E-state index contributed by atoms with van der Waals surface area (Å²) in [4.78, 5) is 0. The molecule has 0 amide bonds. The Morgan fingerprint density at radius 1 is 1.15 bits per heavy atom. The third-order valence-corrected chi connectivity index (χ3v) is 5.13. The Balaban J connectivity index is 1.69. The van der Waals surface area contributed by atoms with Gasteiger partial charge < -0.3 is 9.47 Å². The van der Waals surface area contributed by atoms with E-state index in [-0.39, 0.29) is 13.3 Å². The molecule has 6 nitrogen and oxygen atoms in total. The molecule has 3 rings (SSSR count). The van der Waals surface area contributed by atoms with Gasteiger partial charge in [-0.3, -0.25) is 0 Å². The molecule has 0 atom stereocenters. The van der Waals surface area contributed by atoms with E-state index in [1.165, 1.54) is 4.31 Å². The van der Waals surface area contributed by atoms with E-state index in [0.29, 0.717) is 24.6 Å². The summed E-state index contributed by atoms with van der Waals surface area (Å²) in [5.41, 5.74) is 0.792. The van der Waals surface area contributed by atoms with Crippen LogP contribution in [0.2, 0.25) is 0 Å². The summed E-state index contributed by atoms with van der Waals surface area (Å²) in [5, 5.41) is 0. The molecule has 2 aliphatic heterocycles. The number of benzene rings is 1. The Labute approximate surface area is 118 Å². The van der Waals surface area contributed by atoms with Gasteiger partial charge in [-0.05, 0) is 18.9 Å². The normalized spacial score (nSPS) is 19.2. The minimum absolute atomic E-state index is 0.186. The summed E-state index contributed by atoms with van der Waals surface area (Å²) in [7, 11) is -3.41. The van der Waals surface area contributed by atoms with Gasteiger partial charge >= 0.3 is 0 Å². The van der Waals surface area contributed by atoms with Gasteiger partial charge in [0.15, 0.2) is 11.5 Å². The lowest BCUT2D eigenvalue weighted by atomic mass is 10.2. The van der Waals surface area contributed by atoms with Gasteiger partial charge in [0, 0.05) is 25.2 Å². The smallest absolute Gasteiger partial charge is 0.279 e. The first-order chi connectivity index (χ1) is 9.67. The summed E-state index contributed by atoms with van der Waals surface area (Å²) in [6.45, 7) is 1.60. The molecule has 0 aliphatic carbocycles. The van der Waals surface area contributed by atoms with Gasteiger partial charge in [0.1, 0.15) is 0 Å². The highest BCUT2D eigenvalue weighted by molar-refractivity contribution is 7.87. The highest BCUT2D eigenvalue weighted by atomic mass is 32.2. The van der Waals surface area contributed by atoms with Crippen molar-refractivity contribution in [1.29, 1.82) is 0 Å². The summed E-state index contributed by atoms with van der Waals surface area (Å²) in [6, 6.07) is 5.48. The molecular formula is C13H18N2O4S. The fourth-order valence-corrected chi connectivity index (χ4v) is 3.75. The lowest BCUT2D eigenvalue weighted by Gasteiger charge is -2.26. The van der Waals surface area contributed by atoms with Crippen LogP contribution >= 0.6 is 0 Å². The van der Waals surface area contributed by atoms with Gasteiger partial charge in [0.05, 0.1) is 0 Å². The van der Waals surface area contributed by atoms with Crippen molar-refractivity contribution in [1.82, 2.24) is 9.03 Å². The first-order valence-electron chi connectivity index (χ1n) is 6.79. The van der Waals surface area contributed by atoms with Crippen LogP contribution in [-0.2, 0) is 16.8 Å². The van der Waals surface area contributed by atoms with Crippen molar-refractivity contribution in [2.75, 3.05) is 19.9 Å². The monoisotopic (exact) mass is 298 g/mol. The molecule has 1 saturated heterocycles. The Morgan fingerprint density at radius 2 is 1.95 bits per heavy atom. The molecule has 0 radical (unpaired) electrons. The maximum Gasteiger partial charge on any atom is 0.279 e. The van der Waals surface area contributed by atoms with E-state index in [2.05, 4.69) is 4.72 Å². The average Bonchev–Trinajstić information content (AvgIpc) is 2.95. The van der Waals surface area contributed by atoms with Gasteiger partial charge in [0.2, 0.25) is 6.79 Å². The number of ether oxygens (including phenoxy) is 2. The zero-order valence-electron chi connectivity index (χ0n) is 11.2. The first kappa shape index (κ1) is 13.7. The maximum atomic E-state index is 12.2. The number of nitrogens with one attached hydrogen (secondary N) is 1. The molecule has 1 aromatic rings. The third kappa shape index (κ3) is 2.74. The minimum atomic E-state index is -3.41. The van der Waals surface area contributed by atoms with Crippen LogP contribution in [0.15, 0.2) is 18.2 Å². The molecule has 1 N–H and O–H groups in total. The summed E-state index contributed by atoms with van der Waals surface area (Å²) in [5.74, 6) is 1.30. The van der Waals surface area contributed by atoms with Crippen LogP contribution in [0, 0.1) is 0 Å². The van der Waals surface area contributed by atoms with Crippen LogP contribution in [0.5, 0.6) is 11.5 Å². The third-order valence-electron chi connectivity index (χ3n) is 3.58. The Hall–Kier alpha value is -1.31. The van der Waals surface area contributed by atoms with E-state index in [0.717, 1.165) is 24.8 Å². The SMILES string of the molecule is O=S(=O)(NCc1cccc2c1OCO2)N1CCCCC1. The van der Waals surface area contributed by atoms with Crippen LogP contribution in [0.4, 0.5) is 0 Å². The summed E-state index contributed by atoms with van der Waals surface area (Å²) in [6.07, 6.45) is 2.96. The number of hydrogen-bond donors (Lipinski definition) is 1. The summed E-state index contributed by atoms with van der Waals surface area (Å²) < 4.78 is 39.2. The highest BCUT2D eigenvalue weighted by Gasteiger charge is 2.24. The molecule has 1 fully saturated rings. The highest BCUT2D eigenvalue weighted by Crippen LogP contribution is 2.35. The van der Waals surface area contributed by atoms with Crippen LogP contribution in [0.3, 0.4) is 0 Å². The molecule has 7 heteroatoms. The molecule has 0 unspecified atom stereocenters. The quantitative estimate of drug-likeness (QED) is 0.908. The van der Waals surface area contributed by atoms with Gasteiger partial charge in [-0.25, -0.2) is 0 Å². The predicted octanol–water partition coefficient (Wildman–Crippen LogP) is 1.24. The number of para-hydroxylation sites is 1. The standard InChI is InChI=1S/C13H18N2O4S/c16-20(17,15-7-2-1-3-8-15)14-9-11-5-4-6-12-13(11)19-10-18-12/h4-6,14H,1-3,7-10H2. The Morgan fingerprint density at radius 3 is 2.75 bits per heavy atom. The van der Waals surface area contributed by atoms with Crippen molar-refractivity contribution in [3.05, 3.63) is 23.8 Å². The zero-order chi connectivity index (χ0) is 14.0. The van der Waals surface area contributed by atoms with Crippen LogP contribution in [0.25, 0.3) is 0 Å². The number of piperidine rings is 1. The molecule has 0 spiro atoms. The van der Waals surface area contributed by atoms with Crippen LogP contribution in [0.1, 0.15) is 24.8 Å². The van der Waals surface area contributed by atoms with Gasteiger partial charge in [-0.2, -0.15) is 17.4 Å². The van der Waals surface area contributed by atoms with E-state index < -0.39 is 10.2 Å². The first-order valence-corrected chi connectivity index (χ1v) is 8.23. The van der Waals surface area contributed by atoms with E-state index in [1.807, 2.05) is 18.2 Å². The molecule has 0 bridgehead atoms. The molecule has 20 heavy (non-hydrogen) atoms. The van der Waals surface area contributed by atoms with Crippen molar-refractivity contribution < 1.29 is 17.9 Å². The second-order valence-electron chi connectivity index (χ2n) is 4.94. The van der Waals surface area contributed by atoms with Crippen LogP contribution in [-0.4, -0.2) is 32.6 Å². The van der Waals surface area contributed by atoms with Crippen LogP contribution < -0.4 is 14.2 Å². The van der Waals surface area contributed by atoms with Crippen molar-refractivity contribution >= 4 is 10.2 Å². The molecule has 2 heterocycles. The fourth-order valence-electron chi connectivity index (χ4n) is 2.50. The zero-order valence-corrected chi connectivity index (χ0v) is 12.0. The number of hydrogen-bond acceptors (Lipinski definition) is 4. The van der Waals surface area contributed by atoms with E-state index in [1.54, 1.807) is 0 Å². The minimum Gasteiger partial charge on any atom is -0.454 e. The molecule has 1 aromatic carbocycles. The fraction of sp³-hybridized carbons (Fsp3) is 0.538. The second-order valence-corrected chi connectivity index (χ2v) is 6.69. The second kappa shape index (κ2) is 5.59. The number of fused-ring (bicyclic) bond motifs is 1. The summed E-state index contributed by atoms with van der Waals surface area (Å²) >= 11 is 0. The van der Waals surface area contributed by atoms with E-state index in [9.17, 15) is 8.42 Å². The van der Waals surface area contributed by atoms with Crippen molar-refractivity contribution in [3.8, 4) is 11.5 Å². The van der Waals surface area contributed by atoms with Gasteiger partial charge in [-0.15, -0.1) is 0 Å². The molecule has 0 saturated carbocycles. The van der Waals surface area contributed by atoms with Gasteiger partial charge in [0.25, 0.3) is 10.2 Å². The average molecular weight is 298 g/mol. The maximum absolute atomic E-state index is 12.2. The Kier molecular flexibility index (Phi) is 3.82. The predicted molar refractivity (Wildman–Crippen MR) is 73.7 cm³/mol. The molecular weight excluding hydrogens is 280 g/mol. The van der Waals surface area contributed by atoms with E-state index >= 15 is 0 Å². The lowest BCUT2D eigenvalue weighted by molar-refractivity contribution is 0.173. The largest absolute Gasteiger partial charge is 0.454 e. The topological polar surface area (TPSA) is 67.9 Å². The van der Waals surface area contributed by atoms with Crippen molar-refractivity contribution in [3.63, 3.8) is 0 Å². The number of nitrogens with zero attached hydrogens (tertiary/aromatic N) is 1. The van der Waals surface area contributed by atoms with E-state index in [4.69, 9.17) is 9.47 Å². The molecule has 2 aliphatic rings. The van der Waals surface area contributed by atoms with Crippen molar-refractivity contribution in [2.45, 2.75) is 25.8 Å². The van der Waals surface area contributed by atoms with Crippen molar-refractivity contribution in [2.24, 2.45) is 0 Å². The Bertz CT molecular complexity index is 582.